The molecule has 2 nitrogen and oxygen atoms in total. The molecule has 19 heavy (non-hydrogen) atoms. The summed E-state index contributed by atoms with van der Waals surface area (Å²) in [7, 11) is 0. The monoisotopic (exact) mass is 253 g/mol. The van der Waals surface area contributed by atoms with Crippen molar-refractivity contribution < 1.29 is 4.74 Å². The van der Waals surface area contributed by atoms with Crippen molar-refractivity contribution in [2.75, 3.05) is 11.9 Å². The van der Waals surface area contributed by atoms with Gasteiger partial charge in [-0.1, -0.05) is 43.2 Å². The van der Waals surface area contributed by atoms with Gasteiger partial charge in [0.25, 0.3) is 0 Å². The lowest BCUT2D eigenvalue weighted by Crippen LogP contribution is -2.03. The first-order valence-corrected chi connectivity index (χ1v) is 6.97. The van der Waals surface area contributed by atoms with Crippen molar-refractivity contribution in [3.05, 3.63) is 54.6 Å². The maximum atomic E-state index is 5.92. The molecule has 1 N–H and O–H groups in total. The molecule has 98 valence electrons. The Morgan fingerprint density at radius 1 is 0.947 bits per heavy atom. The van der Waals surface area contributed by atoms with Gasteiger partial charge in [-0.15, -0.1) is 0 Å². The molecule has 2 heteroatoms. The Bertz CT molecular complexity index is 520. The minimum absolute atomic E-state index is 0.874. The van der Waals surface area contributed by atoms with E-state index in [9.17, 15) is 0 Å². The van der Waals surface area contributed by atoms with E-state index >= 15 is 0 Å². The van der Waals surface area contributed by atoms with E-state index < -0.39 is 0 Å². The normalized spacial score (nSPS) is 14.1. The van der Waals surface area contributed by atoms with E-state index in [2.05, 4.69) is 11.4 Å². The number of rotatable bonds is 6. The standard InChI is InChI=1S/C17H19NO/c1-2-6-15(7-3-1)19-17-9-5-4-8-16(17)18-13-12-14-10-11-14/h1-9,14,18H,10-13H2. The van der Waals surface area contributed by atoms with Crippen molar-refractivity contribution in [2.24, 2.45) is 5.92 Å². The fraction of sp³-hybridized carbons (Fsp3) is 0.294. The molecular weight excluding hydrogens is 234 g/mol. The van der Waals surface area contributed by atoms with Gasteiger partial charge in [-0.3, -0.25) is 0 Å². The molecule has 0 spiro atoms. The van der Waals surface area contributed by atoms with Crippen LogP contribution in [0, 0.1) is 5.92 Å². The van der Waals surface area contributed by atoms with Gasteiger partial charge in [0.05, 0.1) is 5.69 Å². The second kappa shape index (κ2) is 5.79. The highest BCUT2D eigenvalue weighted by molar-refractivity contribution is 5.57. The number of anilines is 1. The number of para-hydroxylation sites is 3. The van der Waals surface area contributed by atoms with Gasteiger partial charge < -0.3 is 10.1 Å². The van der Waals surface area contributed by atoms with Crippen molar-refractivity contribution in [3.8, 4) is 11.5 Å². The topological polar surface area (TPSA) is 21.3 Å². The van der Waals surface area contributed by atoms with Gasteiger partial charge in [0, 0.05) is 6.54 Å². The number of ether oxygens (including phenoxy) is 1. The van der Waals surface area contributed by atoms with Crippen LogP contribution in [0.25, 0.3) is 0 Å². The van der Waals surface area contributed by atoms with Crippen LogP contribution < -0.4 is 10.1 Å². The molecule has 2 aromatic carbocycles. The van der Waals surface area contributed by atoms with E-state index in [0.717, 1.165) is 29.6 Å². The molecule has 0 saturated heterocycles. The zero-order valence-corrected chi connectivity index (χ0v) is 11.0. The molecule has 0 unspecified atom stereocenters. The Labute approximate surface area is 114 Å². The maximum absolute atomic E-state index is 5.92. The number of benzene rings is 2. The van der Waals surface area contributed by atoms with E-state index in [4.69, 9.17) is 4.74 Å². The van der Waals surface area contributed by atoms with Crippen LogP contribution in [-0.2, 0) is 0 Å². The molecule has 0 aliphatic heterocycles. The summed E-state index contributed by atoms with van der Waals surface area (Å²) in [4.78, 5) is 0. The molecule has 0 atom stereocenters. The zero-order valence-electron chi connectivity index (χ0n) is 11.0. The Kier molecular flexibility index (Phi) is 3.68. The average molecular weight is 253 g/mol. The first kappa shape index (κ1) is 12.1. The van der Waals surface area contributed by atoms with Crippen molar-refractivity contribution in [2.45, 2.75) is 19.3 Å². The average Bonchev–Trinajstić information content (AvgIpc) is 3.26. The Morgan fingerprint density at radius 3 is 2.47 bits per heavy atom. The smallest absolute Gasteiger partial charge is 0.150 e. The van der Waals surface area contributed by atoms with E-state index in [-0.39, 0.29) is 0 Å². The maximum Gasteiger partial charge on any atom is 0.150 e. The van der Waals surface area contributed by atoms with Gasteiger partial charge in [-0.25, -0.2) is 0 Å². The first-order valence-electron chi connectivity index (χ1n) is 6.97. The van der Waals surface area contributed by atoms with Gasteiger partial charge >= 0.3 is 0 Å². The molecule has 0 heterocycles. The van der Waals surface area contributed by atoms with Crippen LogP contribution >= 0.6 is 0 Å². The van der Waals surface area contributed by atoms with E-state index in [1.165, 1.54) is 19.3 Å². The highest BCUT2D eigenvalue weighted by Gasteiger charge is 2.20. The highest BCUT2D eigenvalue weighted by Crippen LogP contribution is 2.33. The molecule has 2 aromatic rings. The summed E-state index contributed by atoms with van der Waals surface area (Å²) in [6, 6.07) is 18.0. The predicted octanol–water partition coefficient (Wildman–Crippen LogP) is 4.69. The molecule has 0 bridgehead atoms. The lowest BCUT2D eigenvalue weighted by Gasteiger charge is -2.12. The SMILES string of the molecule is c1ccc(Oc2ccccc2NCCC2CC2)cc1. The molecule has 3 rings (SSSR count). The third kappa shape index (κ3) is 3.50. The minimum Gasteiger partial charge on any atom is -0.455 e. The van der Waals surface area contributed by atoms with E-state index in [1.807, 2.05) is 48.5 Å². The summed E-state index contributed by atoms with van der Waals surface area (Å²) in [5.41, 5.74) is 1.08. The van der Waals surface area contributed by atoms with Crippen molar-refractivity contribution in [3.63, 3.8) is 0 Å². The van der Waals surface area contributed by atoms with Gasteiger partial charge in [0.1, 0.15) is 5.75 Å². The fourth-order valence-electron chi connectivity index (χ4n) is 2.13. The van der Waals surface area contributed by atoms with Gasteiger partial charge in [0.2, 0.25) is 0 Å². The van der Waals surface area contributed by atoms with Gasteiger partial charge in [-0.2, -0.15) is 0 Å². The van der Waals surface area contributed by atoms with Crippen molar-refractivity contribution >= 4 is 5.69 Å². The molecule has 0 aromatic heterocycles. The largest absolute Gasteiger partial charge is 0.455 e. The van der Waals surface area contributed by atoms with Crippen molar-refractivity contribution in [1.82, 2.24) is 0 Å². The van der Waals surface area contributed by atoms with Crippen LogP contribution in [0.3, 0.4) is 0 Å². The summed E-state index contributed by atoms with van der Waals surface area (Å²) >= 11 is 0. The van der Waals surface area contributed by atoms with Crippen LogP contribution in [0.2, 0.25) is 0 Å². The van der Waals surface area contributed by atoms with Crippen LogP contribution in [-0.4, -0.2) is 6.54 Å². The predicted molar refractivity (Wildman–Crippen MR) is 78.8 cm³/mol. The number of hydrogen-bond donors (Lipinski definition) is 1. The molecule has 1 fully saturated rings. The second-order valence-electron chi connectivity index (χ2n) is 5.07. The number of nitrogens with one attached hydrogen (secondary N) is 1. The Balaban J connectivity index is 1.65. The minimum atomic E-state index is 0.874. The van der Waals surface area contributed by atoms with Crippen LogP contribution in [0.15, 0.2) is 54.6 Å². The highest BCUT2D eigenvalue weighted by atomic mass is 16.5. The van der Waals surface area contributed by atoms with Gasteiger partial charge in [-0.05, 0) is 36.6 Å². The molecule has 1 aliphatic carbocycles. The second-order valence-corrected chi connectivity index (χ2v) is 5.07. The summed E-state index contributed by atoms with van der Waals surface area (Å²) in [6.07, 6.45) is 4.08. The van der Waals surface area contributed by atoms with Crippen LogP contribution in [0.4, 0.5) is 5.69 Å². The fourth-order valence-corrected chi connectivity index (χ4v) is 2.13. The quantitative estimate of drug-likeness (QED) is 0.806. The van der Waals surface area contributed by atoms with Gasteiger partial charge in [0.15, 0.2) is 5.75 Å². The zero-order chi connectivity index (χ0) is 12.9. The van der Waals surface area contributed by atoms with E-state index in [1.54, 1.807) is 0 Å². The first-order chi connectivity index (χ1) is 9.42. The van der Waals surface area contributed by atoms with Crippen molar-refractivity contribution in [1.29, 1.82) is 0 Å². The Hall–Kier alpha value is -1.96. The third-order valence-electron chi connectivity index (χ3n) is 3.42. The van der Waals surface area contributed by atoms with Crippen LogP contribution in [0.5, 0.6) is 11.5 Å². The molecule has 0 radical (unpaired) electrons. The molecule has 0 amide bonds. The third-order valence-corrected chi connectivity index (χ3v) is 3.42. The molecule has 1 aliphatic rings. The molecular formula is C17H19NO. The summed E-state index contributed by atoms with van der Waals surface area (Å²) in [5, 5.41) is 3.48. The summed E-state index contributed by atoms with van der Waals surface area (Å²) in [6.45, 7) is 1.03. The van der Waals surface area contributed by atoms with Crippen LogP contribution in [0.1, 0.15) is 19.3 Å². The molecule has 1 saturated carbocycles. The summed E-state index contributed by atoms with van der Waals surface area (Å²) < 4.78 is 5.92. The summed E-state index contributed by atoms with van der Waals surface area (Å²) in [5.74, 6) is 2.72. The van der Waals surface area contributed by atoms with E-state index in [0.29, 0.717) is 0 Å². The lowest BCUT2D eigenvalue weighted by atomic mass is 10.2. The lowest BCUT2D eigenvalue weighted by molar-refractivity contribution is 0.484. The number of hydrogen-bond acceptors (Lipinski definition) is 2. The Morgan fingerprint density at radius 2 is 1.68 bits per heavy atom.